The van der Waals surface area contributed by atoms with Crippen molar-refractivity contribution in [1.29, 1.82) is 10.8 Å². The van der Waals surface area contributed by atoms with Crippen molar-refractivity contribution in [2.45, 2.75) is 78.3 Å². The second kappa shape index (κ2) is 10.8. The van der Waals surface area contributed by atoms with E-state index in [1.54, 1.807) is 9.36 Å². The molecular weight excluding hydrogens is 380 g/mol. The molecule has 0 saturated heterocycles. The quantitative estimate of drug-likeness (QED) is 0.352. The maximum atomic E-state index is 8.11. The zero-order chi connectivity index (χ0) is 21.3. The lowest BCUT2D eigenvalue weighted by Crippen LogP contribution is -2.40. The van der Waals surface area contributed by atoms with E-state index in [9.17, 15) is 0 Å². The molecule has 3 rings (SSSR count). The zero-order valence-corrected chi connectivity index (χ0v) is 18.0. The van der Waals surface area contributed by atoms with Gasteiger partial charge in [0.25, 0.3) is 22.5 Å². The number of benzene rings is 1. The van der Waals surface area contributed by atoms with Crippen LogP contribution in [0.3, 0.4) is 0 Å². The van der Waals surface area contributed by atoms with E-state index in [-0.39, 0.29) is 11.1 Å². The van der Waals surface area contributed by atoms with Crippen molar-refractivity contribution >= 4 is 0 Å². The van der Waals surface area contributed by atoms with E-state index < -0.39 is 0 Å². The summed E-state index contributed by atoms with van der Waals surface area (Å²) in [6.07, 6.45) is 9.06. The van der Waals surface area contributed by atoms with Gasteiger partial charge in [-0.1, -0.05) is 39.5 Å². The summed E-state index contributed by atoms with van der Waals surface area (Å²) in [5, 5.41) is 24.3. The van der Waals surface area contributed by atoms with Crippen molar-refractivity contribution in [2.75, 3.05) is 0 Å². The first-order chi connectivity index (χ1) is 14.7. The molecule has 0 radical (unpaired) electrons. The smallest absolute Gasteiger partial charge is 0.273 e. The molecule has 162 valence electrons. The number of rotatable bonds is 12. The second-order valence-corrected chi connectivity index (χ2v) is 7.65. The van der Waals surface area contributed by atoms with E-state index >= 15 is 0 Å². The summed E-state index contributed by atoms with van der Waals surface area (Å²) < 4.78 is 13.8. The highest BCUT2D eigenvalue weighted by atomic mass is 16.5. The summed E-state index contributed by atoms with van der Waals surface area (Å²) in [5.41, 5.74) is 3.24. The van der Waals surface area contributed by atoms with E-state index in [0.29, 0.717) is 11.4 Å². The molecule has 2 heterocycles. The number of hydrogen-bond acceptors (Lipinski definition) is 4. The minimum atomic E-state index is 0.0652. The third kappa shape index (κ3) is 5.17. The van der Waals surface area contributed by atoms with Gasteiger partial charge in [0, 0.05) is 12.8 Å². The summed E-state index contributed by atoms with van der Waals surface area (Å²) in [5.74, 6) is 0. The first kappa shape index (κ1) is 21.8. The molecule has 0 unspecified atom stereocenters. The molecule has 2 N–H and O–H groups in total. The predicted octanol–water partition coefficient (Wildman–Crippen LogP) is 2.82. The Morgan fingerprint density at radius 1 is 0.667 bits per heavy atom. The van der Waals surface area contributed by atoms with Gasteiger partial charge in [-0.25, -0.2) is 9.36 Å². The van der Waals surface area contributed by atoms with Crippen molar-refractivity contribution in [3.8, 4) is 22.5 Å². The highest BCUT2D eigenvalue weighted by molar-refractivity contribution is 5.62. The minimum Gasteiger partial charge on any atom is -0.486 e. The molecule has 0 spiro atoms. The third-order valence-corrected chi connectivity index (χ3v) is 5.29. The normalized spacial score (nSPS) is 11.3. The van der Waals surface area contributed by atoms with E-state index in [2.05, 4.69) is 24.4 Å². The van der Waals surface area contributed by atoms with Crippen LogP contribution in [-0.4, -0.2) is 0 Å². The monoisotopic (exact) mass is 412 g/mol. The summed E-state index contributed by atoms with van der Waals surface area (Å²) in [4.78, 5) is 0. The topological polar surface area (TPSA) is 110 Å². The Bertz CT molecular complexity index is 942. The number of aryl methyl sites for hydroxylation is 2. The predicted molar refractivity (Wildman–Crippen MR) is 109 cm³/mol. The first-order valence-corrected chi connectivity index (χ1v) is 11.0. The van der Waals surface area contributed by atoms with Crippen LogP contribution in [0, 0.1) is 10.8 Å². The molecule has 8 heteroatoms. The Morgan fingerprint density at radius 2 is 1.07 bits per heavy atom. The molecule has 1 aromatic carbocycles. The van der Waals surface area contributed by atoms with Gasteiger partial charge < -0.3 is 9.05 Å². The fourth-order valence-electron chi connectivity index (χ4n) is 3.61. The van der Waals surface area contributed by atoms with Crippen molar-refractivity contribution in [3.05, 3.63) is 35.4 Å². The van der Waals surface area contributed by atoms with Gasteiger partial charge in [0.15, 0.2) is 0 Å². The molecule has 0 aliphatic carbocycles. The van der Waals surface area contributed by atoms with Gasteiger partial charge in [-0.3, -0.25) is 21.4 Å². The highest BCUT2D eigenvalue weighted by Gasteiger charge is 2.18. The fourth-order valence-corrected chi connectivity index (χ4v) is 3.61. The highest BCUT2D eigenvalue weighted by Crippen LogP contribution is 2.18. The van der Waals surface area contributed by atoms with Gasteiger partial charge in [0.1, 0.15) is 13.1 Å². The molecule has 0 bridgehead atoms. The van der Waals surface area contributed by atoms with Crippen LogP contribution in [0.15, 0.2) is 33.3 Å². The molecule has 0 atom stereocenters. The van der Waals surface area contributed by atoms with Gasteiger partial charge in [0.05, 0.1) is 11.1 Å². The van der Waals surface area contributed by atoms with Crippen molar-refractivity contribution in [1.82, 2.24) is 10.5 Å². The molecule has 30 heavy (non-hydrogen) atoms. The van der Waals surface area contributed by atoms with Crippen LogP contribution in [0.25, 0.3) is 22.5 Å². The van der Waals surface area contributed by atoms with Gasteiger partial charge in [-0.15, -0.1) is 0 Å². The van der Waals surface area contributed by atoms with Crippen LogP contribution in [0.4, 0.5) is 0 Å². The molecular formula is C22H32N6O2. The SMILES string of the molecule is CCCCCC[n+]1[n-]oc(=N)c1-c1ccc(-c2c(=N)o[n-][n+]2CCCCCC)cc1. The Labute approximate surface area is 176 Å². The Balaban J connectivity index is 1.78. The fraction of sp³-hybridized carbons (Fsp3) is 0.545. The van der Waals surface area contributed by atoms with Gasteiger partial charge in [0.2, 0.25) is 0 Å². The first-order valence-electron chi connectivity index (χ1n) is 11.0. The Hall–Kier alpha value is -2.90. The number of unbranched alkanes of at least 4 members (excludes halogenated alkanes) is 6. The van der Waals surface area contributed by atoms with E-state index in [4.69, 9.17) is 19.9 Å². The lowest BCUT2D eigenvalue weighted by atomic mass is 10.1. The maximum absolute atomic E-state index is 8.11. The third-order valence-electron chi connectivity index (χ3n) is 5.29. The van der Waals surface area contributed by atoms with Crippen molar-refractivity contribution in [3.63, 3.8) is 0 Å². The average molecular weight is 413 g/mol. The summed E-state index contributed by atoms with van der Waals surface area (Å²) in [6.45, 7) is 5.84. The Morgan fingerprint density at radius 3 is 1.43 bits per heavy atom. The molecule has 0 aliphatic heterocycles. The van der Waals surface area contributed by atoms with Gasteiger partial charge in [-0.2, -0.15) is 0 Å². The molecule has 2 aromatic heterocycles. The van der Waals surface area contributed by atoms with Crippen LogP contribution < -0.4 is 31.0 Å². The molecule has 0 fully saturated rings. The Kier molecular flexibility index (Phi) is 7.82. The maximum Gasteiger partial charge on any atom is 0.273 e. The number of nitrogens with one attached hydrogen (secondary N) is 2. The van der Waals surface area contributed by atoms with E-state index in [1.807, 2.05) is 24.3 Å². The largest absolute Gasteiger partial charge is 0.486 e. The lowest BCUT2D eigenvalue weighted by Gasteiger charge is -2.04. The van der Waals surface area contributed by atoms with Crippen molar-refractivity contribution < 1.29 is 18.4 Å². The molecule has 3 aromatic rings. The van der Waals surface area contributed by atoms with Crippen molar-refractivity contribution in [2.24, 2.45) is 0 Å². The van der Waals surface area contributed by atoms with E-state index in [1.165, 1.54) is 25.7 Å². The standard InChI is InChI=1S/C22H32N6O2/c1-3-5-7-9-15-27-19(21(23)29-25-27)17-11-13-18(14-12-17)20-22(24)30-26-28(20)16-10-8-6-4-2/h11-14,23-24H,3-10,15-16H2,1-2H3. The van der Waals surface area contributed by atoms with Crippen LogP contribution in [0.5, 0.6) is 0 Å². The zero-order valence-electron chi connectivity index (χ0n) is 18.0. The number of aromatic nitrogens is 4. The van der Waals surface area contributed by atoms with Crippen LogP contribution in [-0.2, 0) is 13.1 Å². The van der Waals surface area contributed by atoms with Crippen LogP contribution >= 0.6 is 0 Å². The summed E-state index contributed by atoms with van der Waals surface area (Å²) >= 11 is 0. The second-order valence-electron chi connectivity index (χ2n) is 7.65. The van der Waals surface area contributed by atoms with Gasteiger partial charge in [-0.05, 0) is 37.1 Å². The lowest BCUT2D eigenvalue weighted by molar-refractivity contribution is -0.758. The molecule has 0 amide bonds. The average Bonchev–Trinajstić information content (AvgIpc) is 3.31. The molecule has 0 aliphatic rings. The summed E-state index contributed by atoms with van der Waals surface area (Å²) in [6, 6.07) is 7.76. The summed E-state index contributed by atoms with van der Waals surface area (Å²) in [7, 11) is 0. The minimum absolute atomic E-state index is 0.0652. The van der Waals surface area contributed by atoms with E-state index in [0.717, 1.165) is 49.9 Å². The molecule has 0 saturated carbocycles. The van der Waals surface area contributed by atoms with Crippen LogP contribution in [0.2, 0.25) is 0 Å². The number of hydrogen-bond donors (Lipinski definition) is 2. The van der Waals surface area contributed by atoms with Crippen LogP contribution in [0.1, 0.15) is 65.2 Å². The number of nitrogens with zero attached hydrogens (tertiary/aromatic N) is 4. The molecule has 8 nitrogen and oxygen atoms in total. The van der Waals surface area contributed by atoms with Gasteiger partial charge >= 0.3 is 0 Å².